The summed E-state index contributed by atoms with van der Waals surface area (Å²) in [6, 6.07) is 8.31. The van der Waals surface area contributed by atoms with Crippen LogP contribution in [0.1, 0.15) is 48.8 Å². The highest BCUT2D eigenvalue weighted by atomic mass is 16.3. The second-order valence-electron chi connectivity index (χ2n) is 6.77. The zero-order valence-corrected chi connectivity index (χ0v) is 15.6. The van der Waals surface area contributed by atoms with Gasteiger partial charge in [0.2, 0.25) is 5.95 Å². The normalized spacial score (nSPS) is 14.8. The second kappa shape index (κ2) is 8.47. The monoisotopic (exact) mass is 356 g/mol. The molecule has 1 aliphatic heterocycles. The third-order valence-corrected chi connectivity index (χ3v) is 4.79. The molecule has 2 heterocycles. The Balaban J connectivity index is 1.79. The molecule has 1 aliphatic rings. The van der Waals surface area contributed by atoms with Crippen molar-refractivity contribution in [3.63, 3.8) is 0 Å². The summed E-state index contributed by atoms with van der Waals surface area (Å²) in [6.45, 7) is 6.42. The number of aromatic nitrogens is 2. The summed E-state index contributed by atoms with van der Waals surface area (Å²) >= 11 is 0. The van der Waals surface area contributed by atoms with Gasteiger partial charge in [0.05, 0.1) is 6.10 Å². The smallest absolute Gasteiger partial charge is 0.224 e. The first-order valence-corrected chi connectivity index (χ1v) is 9.38. The van der Waals surface area contributed by atoms with E-state index in [1.165, 1.54) is 11.1 Å². The molecule has 0 saturated carbocycles. The molecule has 6 nitrogen and oxygen atoms in total. The molecular weight excluding hydrogens is 328 g/mol. The fraction of sp³-hybridized carbons (Fsp3) is 0.500. The van der Waals surface area contributed by atoms with Crippen molar-refractivity contribution in [3.05, 3.63) is 46.6 Å². The molecule has 3 N–H and O–H groups in total. The molecular formula is C20H28N4O2. The Morgan fingerprint density at radius 1 is 1.23 bits per heavy atom. The van der Waals surface area contributed by atoms with Crippen LogP contribution in [0.15, 0.2) is 24.3 Å². The van der Waals surface area contributed by atoms with E-state index in [0.717, 1.165) is 43.0 Å². The number of nitrogens with zero attached hydrogens (tertiary/aromatic N) is 3. The maximum Gasteiger partial charge on any atom is 0.224 e. The first-order chi connectivity index (χ1) is 12.6. The zero-order valence-electron chi connectivity index (χ0n) is 15.6. The fourth-order valence-electron chi connectivity index (χ4n) is 3.21. The standard InChI is InChI=1S/C20H28N4O2/c1-3-18-12-19(23-20(22-18)21-8-4-10-25)24-9-7-16-11-15(14(2)26)5-6-17(16)13-24/h5-6,11-12,14,25-26H,3-4,7-10,13H2,1-2H3,(H,21,22,23)/t14-/m0/s1. The summed E-state index contributed by atoms with van der Waals surface area (Å²) in [5.41, 5.74) is 4.58. The molecule has 0 radical (unpaired) electrons. The summed E-state index contributed by atoms with van der Waals surface area (Å²) in [6.07, 6.45) is 2.04. The topological polar surface area (TPSA) is 81.5 Å². The predicted octanol–water partition coefficient (Wildman–Crippen LogP) is 2.45. The number of aliphatic hydroxyl groups excluding tert-OH is 2. The van der Waals surface area contributed by atoms with E-state index >= 15 is 0 Å². The lowest BCUT2D eigenvalue weighted by atomic mass is 9.96. The Bertz CT molecular complexity index is 749. The Hall–Kier alpha value is -2.18. The first kappa shape index (κ1) is 18.6. The number of aryl methyl sites for hydroxylation is 1. The fourth-order valence-corrected chi connectivity index (χ4v) is 3.21. The van der Waals surface area contributed by atoms with Crippen molar-refractivity contribution in [2.45, 2.75) is 45.8 Å². The third-order valence-electron chi connectivity index (χ3n) is 4.79. The van der Waals surface area contributed by atoms with Crippen molar-refractivity contribution in [1.29, 1.82) is 0 Å². The first-order valence-electron chi connectivity index (χ1n) is 9.38. The van der Waals surface area contributed by atoms with Gasteiger partial charge in [0.25, 0.3) is 0 Å². The van der Waals surface area contributed by atoms with E-state index in [1.54, 1.807) is 6.92 Å². The number of hydrogen-bond donors (Lipinski definition) is 3. The van der Waals surface area contributed by atoms with Crippen LogP contribution >= 0.6 is 0 Å². The van der Waals surface area contributed by atoms with Gasteiger partial charge in [-0.1, -0.05) is 25.1 Å². The molecule has 0 unspecified atom stereocenters. The van der Waals surface area contributed by atoms with Crippen molar-refractivity contribution in [3.8, 4) is 0 Å². The van der Waals surface area contributed by atoms with E-state index in [2.05, 4.69) is 45.3 Å². The Labute approximate surface area is 154 Å². The summed E-state index contributed by atoms with van der Waals surface area (Å²) < 4.78 is 0. The number of fused-ring (bicyclic) bond motifs is 1. The number of aliphatic hydroxyl groups is 2. The molecule has 0 saturated heterocycles. The van der Waals surface area contributed by atoms with Gasteiger partial charge in [-0.25, -0.2) is 4.98 Å². The number of anilines is 2. The molecule has 6 heteroatoms. The second-order valence-corrected chi connectivity index (χ2v) is 6.77. The molecule has 26 heavy (non-hydrogen) atoms. The number of rotatable bonds is 7. The van der Waals surface area contributed by atoms with Crippen LogP contribution in [0.5, 0.6) is 0 Å². The highest BCUT2D eigenvalue weighted by molar-refractivity contribution is 5.49. The van der Waals surface area contributed by atoms with Gasteiger partial charge < -0.3 is 20.4 Å². The summed E-state index contributed by atoms with van der Waals surface area (Å²) in [7, 11) is 0. The Morgan fingerprint density at radius 2 is 2.08 bits per heavy atom. The SMILES string of the molecule is CCc1cc(N2CCc3cc([C@H](C)O)ccc3C2)nc(NCCCO)n1. The molecule has 1 atom stereocenters. The van der Waals surface area contributed by atoms with Crippen LogP contribution in [-0.4, -0.2) is 39.9 Å². The number of nitrogens with one attached hydrogen (secondary N) is 1. The van der Waals surface area contributed by atoms with E-state index in [1.807, 2.05) is 6.07 Å². The zero-order chi connectivity index (χ0) is 18.5. The third kappa shape index (κ3) is 4.31. The Morgan fingerprint density at radius 3 is 2.81 bits per heavy atom. The van der Waals surface area contributed by atoms with Crippen LogP contribution < -0.4 is 10.2 Å². The molecule has 1 aromatic carbocycles. The van der Waals surface area contributed by atoms with Crippen molar-refractivity contribution < 1.29 is 10.2 Å². The Kier molecular flexibility index (Phi) is 6.06. The average Bonchev–Trinajstić information content (AvgIpc) is 2.67. The van der Waals surface area contributed by atoms with Gasteiger partial charge in [-0.3, -0.25) is 0 Å². The van der Waals surface area contributed by atoms with Crippen LogP contribution in [0.4, 0.5) is 11.8 Å². The quantitative estimate of drug-likeness (QED) is 0.661. The number of hydrogen-bond acceptors (Lipinski definition) is 6. The maximum absolute atomic E-state index is 9.78. The van der Waals surface area contributed by atoms with Gasteiger partial charge >= 0.3 is 0 Å². The van der Waals surface area contributed by atoms with Gasteiger partial charge in [0.1, 0.15) is 5.82 Å². The van der Waals surface area contributed by atoms with E-state index in [4.69, 9.17) is 5.11 Å². The lowest BCUT2D eigenvalue weighted by Crippen LogP contribution is -2.31. The van der Waals surface area contributed by atoms with Gasteiger partial charge in [-0.15, -0.1) is 0 Å². The lowest BCUT2D eigenvalue weighted by Gasteiger charge is -2.30. The molecule has 140 valence electrons. The van der Waals surface area contributed by atoms with Crippen LogP contribution in [0.3, 0.4) is 0 Å². The van der Waals surface area contributed by atoms with Crippen molar-refractivity contribution in [1.82, 2.24) is 9.97 Å². The summed E-state index contributed by atoms with van der Waals surface area (Å²) in [5.74, 6) is 1.57. The molecule has 1 aromatic heterocycles. The highest BCUT2D eigenvalue weighted by Crippen LogP contribution is 2.27. The maximum atomic E-state index is 9.78. The predicted molar refractivity (Wildman–Crippen MR) is 103 cm³/mol. The molecule has 0 spiro atoms. The van der Waals surface area contributed by atoms with E-state index in [-0.39, 0.29) is 6.61 Å². The van der Waals surface area contributed by atoms with E-state index in [9.17, 15) is 5.11 Å². The van der Waals surface area contributed by atoms with Gasteiger partial charge in [-0.05, 0) is 42.9 Å². The summed E-state index contributed by atoms with van der Waals surface area (Å²) in [4.78, 5) is 11.5. The molecule has 0 fully saturated rings. The van der Waals surface area contributed by atoms with Crippen LogP contribution in [0, 0.1) is 0 Å². The molecule has 3 rings (SSSR count). The van der Waals surface area contributed by atoms with Gasteiger partial charge in [-0.2, -0.15) is 4.98 Å². The van der Waals surface area contributed by atoms with E-state index in [0.29, 0.717) is 18.9 Å². The van der Waals surface area contributed by atoms with Crippen molar-refractivity contribution in [2.24, 2.45) is 0 Å². The molecule has 0 amide bonds. The molecule has 0 aliphatic carbocycles. The van der Waals surface area contributed by atoms with Gasteiger partial charge in [0, 0.05) is 38.0 Å². The molecule has 2 aromatic rings. The minimum atomic E-state index is -0.431. The van der Waals surface area contributed by atoms with Crippen LogP contribution in [0.25, 0.3) is 0 Å². The minimum Gasteiger partial charge on any atom is -0.396 e. The lowest BCUT2D eigenvalue weighted by molar-refractivity contribution is 0.199. The highest BCUT2D eigenvalue weighted by Gasteiger charge is 2.19. The van der Waals surface area contributed by atoms with Crippen LogP contribution in [-0.2, 0) is 19.4 Å². The number of benzene rings is 1. The molecule has 0 bridgehead atoms. The van der Waals surface area contributed by atoms with Gasteiger partial charge in [0.15, 0.2) is 0 Å². The van der Waals surface area contributed by atoms with Crippen LogP contribution in [0.2, 0.25) is 0 Å². The van der Waals surface area contributed by atoms with E-state index < -0.39 is 6.10 Å². The largest absolute Gasteiger partial charge is 0.396 e. The summed E-state index contributed by atoms with van der Waals surface area (Å²) in [5, 5.41) is 21.9. The minimum absolute atomic E-state index is 0.157. The average molecular weight is 356 g/mol. The van der Waals surface area contributed by atoms with Crippen molar-refractivity contribution >= 4 is 11.8 Å². The van der Waals surface area contributed by atoms with Crippen molar-refractivity contribution in [2.75, 3.05) is 29.9 Å².